The molecule has 0 bridgehead atoms. The molecular formula is C22H27N3O5S2. The minimum Gasteiger partial charge on any atom is -0.495 e. The smallest absolute Gasteiger partial charge is 0.260 e. The van der Waals surface area contributed by atoms with Crippen molar-refractivity contribution in [2.24, 2.45) is 0 Å². The van der Waals surface area contributed by atoms with Gasteiger partial charge in [-0.05, 0) is 50.5 Å². The maximum atomic E-state index is 13.4. The number of likely N-dealkylation sites (N-methyl/N-ethyl adjacent to an activating group) is 1. The van der Waals surface area contributed by atoms with Crippen molar-refractivity contribution in [3.8, 4) is 11.5 Å². The minimum atomic E-state index is -3.34. The molecule has 1 aromatic heterocycles. The van der Waals surface area contributed by atoms with Gasteiger partial charge in [0.2, 0.25) is 0 Å². The zero-order chi connectivity index (χ0) is 23.5. The Bertz CT molecular complexity index is 1160. The van der Waals surface area contributed by atoms with Crippen molar-refractivity contribution in [1.82, 2.24) is 9.88 Å². The van der Waals surface area contributed by atoms with Crippen molar-refractivity contribution in [3.05, 3.63) is 42.0 Å². The Labute approximate surface area is 192 Å². The average molecular weight is 478 g/mol. The predicted molar refractivity (Wildman–Crippen MR) is 127 cm³/mol. The van der Waals surface area contributed by atoms with Gasteiger partial charge in [-0.3, -0.25) is 9.69 Å². The van der Waals surface area contributed by atoms with Crippen molar-refractivity contribution < 1.29 is 22.7 Å². The van der Waals surface area contributed by atoms with E-state index in [1.165, 1.54) is 23.5 Å². The molecule has 3 aromatic rings. The van der Waals surface area contributed by atoms with Crippen molar-refractivity contribution >= 4 is 42.4 Å². The first-order valence-corrected chi connectivity index (χ1v) is 12.5. The van der Waals surface area contributed by atoms with Gasteiger partial charge in [0, 0.05) is 18.7 Å². The number of methoxy groups -OCH3 is 2. The molecule has 0 aliphatic rings. The Morgan fingerprint density at radius 1 is 1.00 bits per heavy atom. The van der Waals surface area contributed by atoms with Gasteiger partial charge in [-0.15, -0.1) is 0 Å². The number of benzene rings is 2. The molecule has 0 saturated heterocycles. The van der Waals surface area contributed by atoms with Gasteiger partial charge in [-0.1, -0.05) is 18.3 Å². The van der Waals surface area contributed by atoms with E-state index in [0.717, 1.165) is 4.70 Å². The van der Waals surface area contributed by atoms with Crippen LogP contribution in [0, 0.1) is 0 Å². The first-order valence-electron chi connectivity index (χ1n) is 10.0. The molecule has 0 radical (unpaired) electrons. The number of fused-ring (bicyclic) bond motifs is 1. The van der Waals surface area contributed by atoms with Crippen LogP contribution in [-0.4, -0.2) is 71.4 Å². The number of aromatic nitrogens is 1. The molecule has 0 unspecified atom stereocenters. The molecule has 0 aliphatic heterocycles. The van der Waals surface area contributed by atoms with Crippen LogP contribution < -0.4 is 14.4 Å². The van der Waals surface area contributed by atoms with Gasteiger partial charge in [0.1, 0.15) is 21.7 Å². The van der Waals surface area contributed by atoms with E-state index in [4.69, 9.17) is 14.5 Å². The number of carbonyl (C=O) groups is 1. The van der Waals surface area contributed by atoms with Crippen LogP contribution in [0.15, 0.2) is 41.3 Å². The van der Waals surface area contributed by atoms with E-state index in [1.54, 1.807) is 44.2 Å². The number of thiazole rings is 1. The van der Waals surface area contributed by atoms with Gasteiger partial charge in [0.05, 0.1) is 24.9 Å². The van der Waals surface area contributed by atoms with E-state index in [-0.39, 0.29) is 16.6 Å². The number of hydrogen-bond acceptors (Lipinski definition) is 8. The summed E-state index contributed by atoms with van der Waals surface area (Å²) >= 11 is 1.35. The number of sulfone groups is 1. The van der Waals surface area contributed by atoms with E-state index in [1.807, 2.05) is 25.1 Å². The lowest BCUT2D eigenvalue weighted by atomic mass is 10.2. The summed E-state index contributed by atoms with van der Waals surface area (Å²) in [6, 6.07) is 9.62. The minimum absolute atomic E-state index is 0.00459. The fourth-order valence-corrected chi connectivity index (χ4v) is 5.08. The lowest BCUT2D eigenvalue weighted by molar-refractivity contribution is 0.0985. The van der Waals surface area contributed by atoms with E-state index in [2.05, 4.69) is 0 Å². The summed E-state index contributed by atoms with van der Waals surface area (Å²) in [5, 5.41) is 0.514. The third-order valence-electron chi connectivity index (χ3n) is 4.99. The maximum Gasteiger partial charge on any atom is 0.260 e. The summed E-state index contributed by atoms with van der Waals surface area (Å²) in [7, 11) is 3.67. The number of carbonyl (C=O) groups excluding carboxylic acids is 1. The van der Waals surface area contributed by atoms with Crippen molar-refractivity contribution in [2.45, 2.75) is 11.8 Å². The van der Waals surface area contributed by atoms with Crippen molar-refractivity contribution in [3.63, 3.8) is 0 Å². The molecule has 10 heteroatoms. The number of amides is 1. The summed E-state index contributed by atoms with van der Waals surface area (Å²) in [5.41, 5.74) is 1.01. The van der Waals surface area contributed by atoms with Crippen LogP contribution in [0.2, 0.25) is 0 Å². The highest BCUT2D eigenvalue weighted by atomic mass is 32.2. The quantitative estimate of drug-likeness (QED) is 0.467. The number of rotatable bonds is 9. The summed E-state index contributed by atoms with van der Waals surface area (Å²) < 4.78 is 35.9. The first-order chi connectivity index (χ1) is 15.2. The molecule has 0 fully saturated rings. The second-order valence-corrected chi connectivity index (χ2v) is 10.6. The Balaban J connectivity index is 2.04. The van der Waals surface area contributed by atoms with Crippen LogP contribution in [0.1, 0.15) is 17.3 Å². The Kier molecular flexibility index (Phi) is 7.37. The third kappa shape index (κ3) is 4.87. The highest BCUT2D eigenvalue weighted by molar-refractivity contribution is 7.91. The van der Waals surface area contributed by atoms with E-state index in [9.17, 15) is 13.2 Å². The Morgan fingerprint density at radius 2 is 1.62 bits per heavy atom. The topological polar surface area (TPSA) is 89.0 Å². The van der Waals surface area contributed by atoms with Gasteiger partial charge in [-0.25, -0.2) is 13.4 Å². The van der Waals surface area contributed by atoms with Crippen molar-refractivity contribution in [1.29, 1.82) is 0 Å². The molecule has 2 aromatic carbocycles. The third-order valence-corrected chi connectivity index (χ3v) is 7.83. The van der Waals surface area contributed by atoms with E-state index < -0.39 is 9.84 Å². The lowest BCUT2D eigenvalue weighted by Gasteiger charge is -2.22. The lowest BCUT2D eigenvalue weighted by Crippen LogP contribution is -2.36. The summed E-state index contributed by atoms with van der Waals surface area (Å²) in [6.45, 7) is 2.62. The molecule has 0 saturated carbocycles. The molecule has 3 rings (SSSR count). The van der Waals surface area contributed by atoms with Crippen LogP contribution >= 0.6 is 11.3 Å². The molecule has 0 spiro atoms. The van der Waals surface area contributed by atoms with Crippen LogP contribution in [0.3, 0.4) is 0 Å². The van der Waals surface area contributed by atoms with Gasteiger partial charge < -0.3 is 14.4 Å². The summed E-state index contributed by atoms with van der Waals surface area (Å²) in [5.74, 6) is 0.991. The maximum absolute atomic E-state index is 13.4. The van der Waals surface area contributed by atoms with Gasteiger partial charge in [0.25, 0.3) is 5.91 Å². The second kappa shape index (κ2) is 9.85. The fraction of sp³-hybridized carbons (Fsp3) is 0.364. The van der Waals surface area contributed by atoms with Crippen LogP contribution in [0.5, 0.6) is 11.5 Å². The Hall–Kier alpha value is -2.69. The fourth-order valence-electron chi connectivity index (χ4n) is 3.10. The average Bonchev–Trinajstić information content (AvgIpc) is 3.23. The molecular weight excluding hydrogens is 450 g/mol. The van der Waals surface area contributed by atoms with Crippen molar-refractivity contribution in [2.75, 3.05) is 52.1 Å². The molecule has 0 aliphatic carbocycles. The Morgan fingerprint density at radius 3 is 2.19 bits per heavy atom. The molecule has 32 heavy (non-hydrogen) atoms. The number of ether oxygens (including phenoxy) is 2. The standard InChI is InChI=1S/C22H27N3O5S2/c1-6-32(27,28)16-9-7-15(8-10-16)21(26)25(14-13-24(2)3)22-23-19-17(29-4)11-12-18(30-5)20(19)31-22/h7-12H,6,13-14H2,1-5H3. The molecule has 1 heterocycles. The number of anilines is 1. The summed E-state index contributed by atoms with van der Waals surface area (Å²) in [6.07, 6.45) is 0. The van der Waals surface area contributed by atoms with Gasteiger partial charge in [0.15, 0.2) is 15.0 Å². The first kappa shape index (κ1) is 24.0. The number of nitrogens with zero attached hydrogens (tertiary/aromatic N) is 3. The SMILES string of the molecule is CCS(=O)(=O)c1ccc(C(=O)N(CCN(C)C)c2nc3c(OC)ccc(OC)c3s2)cc1. The predicted octanol–water partition coefficient (Wildman–Crippen LogP) is 3.32. The van der Waals surface area contributed by atoms with Gasteiger partial charge in [-0.2, -0.15) is 0 Å². The largest absolute Gasteiger partial charge is 0.495 e. The zero-order valence-corrected chi connectivity index (χ0v) is 20.4. The normalized spacial score (nSPS) is 11.7. The molecule has 1 amide bonds. The van der Waals surface area contributed by atoms with E-state index >= 15 is 0 Å². The van der Waals surface area contributed by atoms with Crippen LogP contribution in [0.4, 0.5) is 5.13 Å². The highest BCUT2D eigenvalue weighted by Crippen LogP contribution is 2.40. The number of hydrogen-bond donors (Lipinski definition) is 0. The highest BCUT2D eigenvalue weighted by Gasteiger charge is 2.24. The molecule has 8 nitrogen and oxygen atoms in total. The van der Waals surface area contributed by atoms with Gasteiger partial charge >= 0.3 is 0 Å². The summed E-state index contributed by atoms with van der Waals surface area (Å²) in [4.78, 5) is 21.9. The molecule has 172 valence electrons. The monoisotopic (exact) mass is 477 g/mol. The van der Waals surface area contributed by atoms with Crippen LogP contribution in [-0.2, 0) is 9.84 Å². The zero-order valence-electron chi connectivity index (χ0n) is 18.8. The van der Waals surface area contributed by atoms with Crippen LogP contribution in [0.25, 0.3) is 10.2 Å². The molecule has 0 N–H and O–H groups in total. The van der Waals surface area contributed by atoms with E-state index in [0.29, 0.717) is 40.8 Å². The molecule has 0 atom stereocenters. The second-order valence-electron chi connectivity index (χ2n) is 7.33.